The van der Waals surface area contributed by atoms with Crippen LogP contribution >= 0.6 is 0 Å². The summed E-state index contributed by atoms with van der Waals surface area (Å²) in [5.74, 6) is 0.561. The van der Waals surface area contributed by atoms with Crippen molar-refractivity contribution < 1.29 is 4.79 Å². The van der Waals surface area contributed by atoms with Gasteiger partial charge in [0.05, 0.1) is 12.1 Å². The van der Waals surface area contributed by atoms with Gasteiger partial charge in [0.15, 0.2) is 0 Å². The van der Waals surface area contributed by atoms with E-state index in [0.717, 1.165) is 43.0 Å². The van der Waals surface area contributed by atoms with Crippen LogP contribution in [-0.2, 0) is 11.2 Å². The number of benzene rings is 1. The average molecular weight is 362 g/mol. The van der Waals surface area contributed by atoms with Gasteiger partial charge in [0.2, 0.25) is 5.91 Å². The average Bonchev–Trinajstić information content (AvgIpc) is 3.29. The SMILES string of the molecule is Cc1ccccc1N1CCC(CNC(=O)Cc2cnc3c(C)cccn23)C1. The van der Waals surface area contributed by atoms with Crippen molar-refractivity contribution in [3.8, 4) is 0 Å². The highest BCUT2D eigenvalue weighted by Crippen LogP contribution is 2.26. The zero-order valence-electron chi connectivity index (χ0n) is 16.0. The number of amides is 1. The lowest BCUT2D eigenvalue weighted by molar-refractivity contribution is -0.120. The second kappa shape index (κ2) is 7.43. The number of aryl methyl sites for hydroxylation is 2. The Hall–Kier alpha value is -2.82. The summed E-state index contributed by atoms with van der Waals surface area (Å²) < 4.78 is 2.00. The largest absolute Gasteiger partial charge is 0.371 e. The van der Waals surface area contributed by atoms with Gasteiger partial charge in [-0.1, -0.05) is 24.3 Å². The number of para-hydroxylation sites is 1. The molecule has 4 rings (SSSR count). The Balaban J connectivity index is 1.32. The van der Waals surface area contributed by atoms with Crippen molar-refractivity contribution in [2.24, 2.45) is 5.92 Å². The number of fused-ring (bicyclic) bond motifs is 1. The standard InChI is InChI=1S/C22H26N4O/c1-16-6-3-4-8-20(16)25-11-9-18(15-25)13-23-21(27)12-19-14-24-22-17(2)7-5-10-26(19)22/h3-8,10,14,18H,9,11-13,15H2,1-2H3,(H,23,27). The van der Waals surface area contributed by atoms with Gasteiger partial charge in [-0.2, -0.15) is 0 Å². The fraction of sp³-hybridized carbons (Fsp3) is 0.364. The maximum atomic E-state index is 12.4. The van der Waals surface area contributed by atoms with E-state index >= 15 is 0 Å². The van der Waals surface area contributed by atoms with Crippen LogP contribution in [0.1, 0.15) is 23.2 Å². The normalized spacial score (nSPS) is 16.8. The molecule has 1 aromatic carbocycles. The second-order valence-corrected chi connectivity index (χ2v) is 7.50. The number of nitrogens with zero attached hydrogens (tertiary/aromatic N) is 3. The lowest BCUT2D eigenvalue weighted by Crippen LogP contribution is -2.32. The number of rotatable bonds is 5. The van der Waals surface area contributed by atoms with Gasteiger partial charge in [-0.15, -0.1) is 0 Å². The molecule has 1 aliphatic rings. The molecule has 5 heteroatoms. The number of carbonyl (C=O) groups excluding carboxylic acids is 1. The molecule has 27 heavy (non-hydrogen) atoms. The van der Waals surface area contributed by atoms with Crippen molar-refractivity contribution in [2.45, 2.75) is 26.7 Å². The molecule has 1 amide bonds. The minimum atomic E-state index is 0.0626. The van der Waals surface area contributed by atoms with E-state index in [9.17, 15) is 4.79 Å². The molecule has 2 aromatic heterocycles. The van der Waals surface area contributed by atoms with Gasteiger partial charge in [0.25, 0.3) is 0 Å². The first kappa shape index (κ1) is 17.6. The predicted molar refractivity (Wildman–Crippen MR) is 108 cm³/mol. The number of aromatic nitrogens is 2. The fourth-order valence-electron chi connectivity index (χ4n) is 3.95. The minimum absolute atomic E-state index is 0.0626. The quantitative estimate of drug-likeness (QED) is 0.759. The van der Waals surface area contributed by atoms with E-state index in [0.29, 0.717) is 12.3 Å². The van der Waals surface area contributed by atoms with Crippen molar-refractivity contribution in [2.75, 3.05) is 24.5 Å². The van der Waals surface area contributed by atoms with Gasteiger partial charge in [0, 0.05) is 37.7 Å². The highest BCUT2D eigenvalue weighted by atomic mass is 16.1. The molecule has 0 spiro atoms. The number of hydrogen-bond donors (Lipinski definition) is 1. The Labute approximate surface area is 160 Å². The number of nitrogens with one attached hydrogen (secondary N) is 1. The summed E-state index contributed by atoms with van der Waals surface area (Å²) in [5, 5.41) is 3.12. The third-order valence-corrected chi connectivity index (χ3v) is 5.48. The summed E-state index contributed by atoms with van der Waals surface area (Å²) in [6.07, 6.45) is 5.24. The lowest BCUT2D eigenvalue weighted by atomic mass is 10.1. The second-order valence-electron chi connectivity index (χ2n) is 7.50. The molecule has 3 heterocycles. The number of carbonyl (C=O) groups is 1. The van der Waals surface area contributed by atoms with Crippen LogP contribution in [0.15, 0.2) is 48.8 Å². The van der Waals surface area contributed by atoms with Gasteiger partial charge in [-0.25, -0.2) is 4.98 Å². The molecule has 3 aromatic rings. The van der Waals surface area contributed by atoms with Crippen LogP contribution in [0.4, 0.5) is 5.69 Å². The molecule has 1 unspecified atom stereocenters. The van der Waals surface area contributed by atoms with E-state index in [1.54, 1.807) is 6.20 Å². The van der Waals surface area contributed by atoms with Crippen molar-refractivity contribution in [1.82, 2.24) is 14.7 Å². The Morgan fingerprint density at radius 1 is 1.19 bits per heavy atom. The van der Waals surface area contributed by atoms with Crippen molar-refractivity contribution >= 4 is 17.2 Å². The summed E-state index contributed by atoms with van der Waals surface area (Å²) in [7, 11) is 0. The molecule has 0 bridgehead atoms. The monoisotopic (exact) mass is 362 g/mol. The highest BCUT2D eigenvalue weighted by molar-refractivity contribution is 5.78. The molecule has 1 saturated heterocycles. The predicted octanol–water partition coefficient (Wildman–Crippen LogP) is 3.14. The van der Waals surface area contributed by atoms with E-state index in [1.807, 2.05) is 29.7 Å². The van der Waals surface area contributed by atoms with E-state index in [2.05, 4.69) is 46.4 Å². The van der Waals surface area contributed by atoms with Gasteiger partial charge in [-0.05, 0) is 49.4 Å². The number of hydrogen-bond acceptors (Lipinski definition) is 3. The molecule has 140 valence electrons. The lowest BCUT2D eigenvalue weighted by Gasteiger charge is -2.21. The van der Waals surface area contributed by atoms with Crippen molar-refractivity contribution in [3.63, 3.8) is 0 Å². The third-order valence-electron chi connectivity index (χ3n) is 5.48. The molecular formula is C22H26N4O. The zero-order chi connectivity index (χ0) is 18.8. The number of anilines is 1. The fourth-order valence-corrected chi connectivity index (χ4v) is 3.95. The topological polar surface area (TPSA) is 49.6 Å². The summed E-state index contributed by atoms with van der Waals surface area (Å²) in [6, 6.07) is 12.5. The van der Waals surface area contributed by atoms with Crippen LogP contribution in [0.5, 0.6) is 0 Å². The van der Waals surface area contributed by atoms with Crippen LogP contribution in [0, 0.1) is 19.8 Å². The van der Waals surface area contributed by atoms with Gasteiger partial charge in [0.1, 0.15) is 5.65 Å². The molecule has 5 nitrogen and oxygen atoms in total. The Morgan fingerprint density at radius 2 is 2.00 bits per heavy atom. The Morgan fingerprint density at radius 3 is 2.85 bits per heavy atom. The van der Waals surface area contributed by atoms with Crippen LogP contribution < -0.4 is 10.2 Å². The van der Waals surface area contributed by atoms with E-state index < -0.39 is 0 Å². The summed E-state index contributed by atoms with van der Waals surface area (Å²) in [6.45, 7) is 6.98. The highest BCUT2D eigenvalue weighted by Gasteiger charge is 2.24. The first-order valence-corrected chi connectivity index (χ1v) is 9.60. The molecule has 0 aliphatic carbocycles. The van der Waals surface area contributed by atoms with Crippen LogP contribution in [0.25, 0.3) is 5.65 Å². The molecule has 1 fully saturated rings. The smallest absolute Gasteiger partial charge is 0.226 e. The molecule has 1 N–H and O–H groups in total. The Bertz CT molecular complexity index is 962. The third kappa shape index (κ3) is 3.68. The van der Waals surface area contributed by atoms with Crippen molar-refractivity contribution in [3.05, 3.63) is 65.6 Å². The van der Waals surface area contributed by atoms with Crippen LogP contribution in [0.3, 0.4) is 0 Å². The zero-order valence-corrected chi connectivity index (χ0v) is 16.0. The van der Waals surface area contributed by atoms with Crippen molar-refractivity contribution in [1.29, 1.82) is 0 Å². The van der Waals surface area contributed by atoms with Gasteiger partial charge < -0.3 is 14.6 Å². The maximum absolute atomic E-state index is 12.4. The first-order valence-electron chi connectivity index (χ1n) is 9.60. The summed E-state index contributed by atoms with van der Waals surface area (Å²) in [4.78, 5) is 19.3. The summed E-state index contributed by atoms with van der Waals surface area (Å²) in [5.41, 5.74) is 5.59. The molecule has 0 saturated carbocycles. The number of imidazole rings is 1. The van der Waals surface area contributed by atoms with Crippen LogP contribution in [-0.4, -0.2) is 34.9 Å². The minimum Gasteiger partial charge on any atom is -0.371 e. The van der Waals surface area contributed by atoms with Gasteiger partial charge in [-0.3, -0.25) is 4.79 Å². The molecule has 1 aliphatic heterocycles. The Kier molecular flexibility index (Phi) is 4.84. The molecule has 1 atom stereocenters. The first-order chi connectivity index (χ1) is 13.1. The molecule has 0 radical (unpaired) electrons. The maximum Gasteiger partial charge on any atom is 0.226 e. The van der Waals surface area contributed by atoms with E-state index in [4.69, 9.17) is 0 Å². The van der Waals surface area contributed by atoms with Crippen LogP contribution in [0.2, 0.25) is 0 Å². The summed E-state index contributed by atoms with van der Waals surface area (Å²) >= 11 is 0. The van der Waals surface area contributed by atoms with Gasteiger partial charge >= 0.3 is 0 Å². The van der Waals surface area contributed by atoms with E-state index in [1.165, 1.54) is 11.3 Å². The van der Waals surface area contributed by atoms with E-state index in [-0.39, 0.29) is 5.91 Å². The number of pyridine rings is 1. The molecular weight excluding hydrogens is 336 g/mol.